The van der Waals surface area contributed by atoms with Crippen LogP contribution in [0.25, 0.3) is 22.3 Å². The van der Waals surface area contributed by atoms with Crippen LogP contribution >= 0.6 is 0 Å². The molecule has 4 aromatic rings. The quantitative estimate of drug-likeness (QED) is 0.347. The lowest BCUT2D eigenvalue weighted by Gasteiger charge is -2.34. The zero-order valence-corrected chi connectivity index (χ0v) is 22.5. The van der Waals surface area contributed by atoms with E-state index < -0.39 is 5.82 Å². The first kappa shape index (κ1) is 26.4. The summed E-state index contributed by atoms with van der Waals surface area (Å²) in [6.45, 7) is 4.34. The Labute approximate surface area is 232 Å². The van der Waals surface area contributed by atoms with Gasteiger partial charge in [0.15, 0.2) is 0 Å². The predicted molar refractivity (Wildman–Crippen MR) is 149 cm³/mol. The first-order valence-corrected chi connectivity index (χ1v) is 14.1. The Morgan fingerprint density at radius 3 is 2.75 bits per heavy atom. The molecule has 1 atom stereocenters. The minimum Gasteiger partial charge on any atom is -0.490 e. The van der Waals surface area contributed by atoms with Crippen molar-refractivity contribution in [1.29, 1.82) is 0 Å². The maximum Gasteiger partial charge on any atom is 0.254 e. The average Bonchev–Trinajstić information content (AvgIpc) is 3.67. The van der Waals surface area contributed by atoms with Gasteiger partial charge in [-0.2, -0.15) is 5.10 Å². The summed E-state index contributed by atoms with van der Waals surface area (Å²) in [5.74, 6) is -0.145. The van der Waals surface area contributed by atoms with Gasteiger partial charge in [-0.1, -0.05) is 0 Å². The van der Waals surface area contributed by atoms with Crippen LogP contribution in [-0.2, 0) is 0 Å². The fourth-order valence-corrected chi connectivity index (χ4v) is 5.76. The van der Waals surface area contributed by atoms with Crippen molar-refractivity contribution >= 4 is 16.9 Å². The largest absolute Gasteiger partial charge is 0.490 e. The monoisotopic (exact) mass is 546 g/mol. The molecule has 40 heavy (non-hydrogen) atoms. The summed E-state index contributed by atoms with van der Waals surface area (Å²) in [5.41, 5.74) is 9.08. The lowest BCUT2D eigenvalue weighted by Crippen LogP contribution is -2.42. The van der Waals surface area contributed by atoms with Gasteiger partial charge in [-0.25, -0.2) is 14.4 Å². The number of benzene rings is 1. The van der Waals surface area contributed by atoms with Crippen molar-refractivity contribution < 1.29 is 13.9 Å². The molecule has 11 heteroatoms. The second-order valence-corrected chi connectivity index (χ2v) is 10.7. The second kappa shape index (κ2) is 11.7. The number of aromatic nitrogens is 5. The molecule has 1 aromatic carbocycles. The van der Waals surface area contributed by atoms with E-state index in [2.05, 4.69) is 25.0 Å². The zero-order chi connectivity index (χ0) is 27.5. The number of amides is 1. The Morgan fingerprint density at radius 1 is 1.12 bits per heavy atom. The van der Waals surface area contributed by atoms with Crippen LogP contribution in [0.2, 0.25) is 0 Å². The molecule has 0 aliphatic carbocycles. The highest BCUT2D eigenvalue weighted by Gasteiger charge is 2.25. The van der Waals surface area contributed by atoms with Gasteiger partial charge < -0.3 is 25.3 Å². The van der Waals surface area contributed by atoms with Gasteiger partial charge in [-0.15, -0.1) is 0 Å². The highest BCUT2D eigenvalue weighted by atomic mass is 19.1. The van der Waals surface area contributed by atoms with E-state index in [0.717, 1.165) is 87.1 Å². The van der Waals surface area contributed by atoms with E-state index in [-0.39, 0.29) is 18.1 Å². The molecule has 2 fully saturated rings. The van der Waals surface area contributed by atoms with Crippen molar-refractivity contribution in [1.82, 2.24) is 34.5 Å². The number of ether oxygens (including phenoxy) is 1. The van der Waals surface area contributed by atoms with Crippen molar-refractivity contribution in [3.63, 3.8) is 0 Å². The van der Waals surface area contributed by atoms with Crippen LogP contribution in [0.1, 0.15) is 48.5 Å². The molecule has 6 rings (SSSR count). The fraction of sp³-hybridized carbons (Fsp3) is 0.448. The Balaban J connectivity index is 1.05. The first-order valence-electron chi connectivity index (χ1n) is 14.1. The zero-order valence-electron chi connectivity index (χ0n) is 22.5. The van der Waals surface area contributed by atoms with Gasteiger partial charge in [0, 0.05) is 74.2 Å². The van der Waals surface area contributed by atoms with E-state index in [9.17, 15) is 9.18 Å². The van der Waals surface area contributed by atoms with E-state index >= 15 is 0 Å². The Morgan fingerprint density at radius 2 is 1.95 bits per heavy atom. The van der Waals surface area contributed by atoms with E-state index in [1.54, 1.807) is 12.4 Å². The third kappa shape index (κ3) is 5.71. The number of aromatic amines is 1. The van der Waals surface area contributed by atoms with Gasteiger partial charge in [0.25, 0.3) is 5.91 Å². The van der Waals surface area contributed by atoms with Crippen molar-refractivity contribution in [3.05, 3.63) is 60.6 Å². The minimum absolute atomic E-state index is 0.0151. The van der Waals surface area contributed by atoms with Gasteiger partial charge in [-0.05, 0) is 50.3 Å². The van der Waals surface area contributed by atoms with Gasteiger partial charge in [0.1, 0.15) is 29.6 Å². The topological polar surface area (TPSA) is 118 Å². The van der Waals surface area contributed by atoms with Crippen LogP contribution in [0.5, 0.6) is 5.75 Å². The van der Waals surface area contributed by atoms with E-state index in [4.69, 9.17) is 10.5 Å². The molecular formula is C29H35FN8O2. The molecule has 10 nitrogen and oxygen atoms in total. The fourth-order valence-electron chi connectivity index (χ4n) is 5.76. The number of likely N-dealkylation sites (tertiary alicyclic amines) is 2. The van der Waals surface area contributed by atoms with Crippen LogP contribution in [-0.4, -0.2) is 85.8 Å². The highest BCUT2D eigenvalue weighted by molar-refractivity contribution is 5.94. The second-order valence-electron chi connectivity index (χ2n) is 10.7. The number of hydrogen-bond acceptors (Lipinski definition) is 7. The average molecular weight is 547 g/mol. The maximum absolute atomic E-state index is 14.4. The molecule has 2 saturated heterocycles. The van der Waals surface area contributed by atoms with Gasteiger partial charge in [-0.3, -0.25) is 9.48 Å². The molecule has 0 bridgehead atoms. The van der Waals surface area contributed by atoms with Gasteiger partial charge in [0.2, 0.25) is 0 Å². The summed E-state index contributed by atoms with van der Waals surface area (Å²) in [6, 6.07) is 6.35. The molecule has 0 spiro atoms. The Bertz CT molecular complexity index is 1460. The molecule has 2 aliphatic rings. The molecular weight excluding hydrogens is 511 g/mol. The maximum atomic E-state index is 14.4. The summed E-state index contributed by atoms with van der Waals surface area (Å²) in [4.78, 5) is 28.9. The number of hydrogen-bond donors (Lipinski definition) is 2. The number of nitrogens with zero attached hydrogens (tertiary/aromatic N) is 6. The summed E-state index contributed by atoms with van der Waals surface area (Å²) < 4.78 is 22.5. The van der Waals surface area contributed by atoms with Crippen LogP contribution < -0.4 is 10.5 Å². The standard InChI is InChI=1S/C29H35FN8O2/c30-22-12-20(29(39)37-8-2-1-3-9-37)13-25(14-22)40-24-5-10-36(11-6-24)18-23(15-31)38-17-21(16-35-38)27-26-4-7-32-28(26)34-19-33-27/h4,7,12-14,16-17,19,23-24H,1-3,5-6,8-11,15,18,31H2,(H,32,33,34). The van der Waals surface area contributed by atoms with Crippen LogP contribution in [0.15, 0.2) is 49.2 Å². The van der Waals surface area contributed by atoms with Gasteiger partial charge >= 0.3 is 0 Å². The van der Waals surface area contributed by atoms with Crippen molar-refractivity contribution in [2.75, 3.05) is 39.3 Å². The van der Waals surface area contributed by atoms with Crippen molar-refractivity contribution in [2.45, 2.75) is 44.2 Å². The molecule has 5 heterocycles. The summed E-state index contributed by atoms with van der Waals surface area (Å²) in [5, 5.41) is 5.56. The number of piperidine rings is 2. The molecule has 0 saturated carbocycles. The number of nitrogens with two attached hydrogens (primary N) is 1. The Kier molecular flexibility index (Phi) is 7.74. The summed E-state index contributed by atoms with van der Waals surface area (Å²) in [7, 11) is 0. The first-order chi connectivity index (χ1) is 19.6. The number of H-pyrrole nitrogens is 1. The highest BCUT2D eigenvalue weighted by Crippen LogP contribution is 2.27. The number of halogens is 1. The third-order valence-electron chi connectivity index (χ3n) is 7.94. The number of nitrogens with one attached hydrogen (secondary N) is 1. The molecule has 3 N–H and O–H groups in total. The molecule has 0 radical (unpaired) electrons. The number of carbonyl (C=O) groups is 1. The molecule has 1 amide bonds. The third-order valence-corrected chi connectivity index (χ3v) is 7.94. The SMILES string of the molecule is NCC(CN1CCC(Oc2cc(F)cc(C(=O)N3CCCCC3)c2)CC1)n1cc(-c2ncnc3[nH]ccc23)cn1. The van der Waals surface area contributed by atoms with Crippen molar-refractivity contribution in [2.24, 2.45) is 5.73 Å². The molecule has 3 aromatic heterocycles. The van der Waals surface area contributed by atoms with Crippen LogP contribution in [0.4, 0.5) is 4.39 Å². The van der Waals surface area contributed by atoms with Crippen LogP contribution in [0, 0.1) is 5.82 Å². The minimum atomic E-state index is -0.445. The molecule has 2 aliphatic heterocycles. The van der Waals surface area contributed by atoms with E-state index in [1.807, 2.05) is 34.2 Å². The van der Waals surface area contributed by atoms with E-state index in [1.165, 1.54) is 12.1 Å². The molecule has 1 unspecified atom stereocenters. The predicted octanol–water partition coefficient (Wildman–Crippen LogP) is 3.63. The molecule has 210 valence electrons. The number of fused-ring (bicyclic) bond motifs is 1. The smallest absolute Gasteiger partial charge is 0.254 e. The van der Waals surface area contributed by atoms with Gasteiger partial charge in [0.05, 0.1) is 17.9 Å². The number of carbonyl (C=O) groups excluding carboxylic acids is 1. The van der Waals surface area contributed by atoms with Crippen molar-refractivity contribution in [3.8, 4) is 17.0 Å². The lowest BCUT2D eigenvalue weighted by molar-refractivity contribution is 0.0720. The summed E-state index contributed by atoms with van der Waals surface area (Å²) >= 11 is 0. The van der Waals surface area contributed by atoms with Crippen LogP contribution in [0.3, 0.4) is 0 Å². The normalized spacial score (nSPS) is 17.8. The summed E-state index contributed by atoms with van der Waals surface area (Å²) in [6.07, 6.45) is 11.9. The van der Waals surface area contributed by atoms with E-state index in [0.29, 0.717) is 17.9 Å². The Hall–Kier alpha value is -3.83. The lowest BCUT2D eigenvalue weighted by atomic mass is 10.1. The number of rotatable bonds is 8.